The first-order valence-corrected chi connectivity index (χ1v) is 14.8. The zero-order valence-corrected chi connectivity index (χ0v) is 24.2. The van der Waals surface area contributed by atoms with Gasteiger partial charge in [-0.05, 0) is 80.6 Å². The van der Waals surface area contributed by atoms with Crippen LogP contribution < -0.4 is 4.74 Å². The number of sulfonamides is 1. The van der Waals surface area contributed by atoms with Gasteiger partial charge >= 0.3 is 5.97 Å². The number of rotatable bonds is 7. The molecule has 10 heteroatoms. The van der Waals surface area contributed by atoms with E-state index < -0.39 is 27.5 Å². The molecule has 40 heavy (non-hydrogen) atoms. The molecule has 5 rings (SSSR count). The van der Waals surface area contributed by atoms with Crippen LogP contribution in [0.25, 0.3) is 11.0 Å². The Morgan fingerprint density at radius 3 is 2.60 bits per heavy atom. The van der Waals surface area contributed by atoms with E-state index in [1.807, 2.05) is 69.6 Å². The van der Waals surface area contributed by atoms with Gasteiger partial charge in [0.15, 0.2) is 0 Å². The van der Waals surface area contributed by atoms with E-state index in [0.717, 1.165) is 38.9 Å². The summed E-state index contributed by atoms with van der Waals surface area (Å²) in [4.78, 5) is 12.2. The van der Waals surface area contributed by atoms with Gasteiger partial charge in [0.2, 0.25) is 10.0 Å². The Hall–Kier alpha value is -3.76. The highest BCUT2D eigenvalue weighted by Gasteiger charge is 2.38. The predicted octanol–water partition coefficient (Wildman–Crippen LogP) is 5.04. The number of aliphatic carboxylic acids is 1. The second-order valence-electron chi connectivity index (χ2n) is 11.0. The number of nitrogens with zero attached hydrogens (tertiary/aromatic N) is 4. The third-order valence-corrected chi connectivity index (χ3v) is 9.40. The molecule has 1 aliphatic rings. The molecule has 0 amide bonds. The average Bonchev–Trinajstić information content (AvgIpc) is 3.29. The van der Waals surface area contributed by atoms with E-state index in [1.54, 1.807) is 24.3 Å². The maximum Gasteiger partial charge on any atom is 0.304 e. The smallest absolute Gasteiger partial charge is 0.304 e. The normalized spacial score (nSPS) is 17.1. The Bertz CT molecular complexity index is 1710. The molecule has 0 bridgehead atoms. The summed E-state index contributed by atoms with van der Waals surface area (Å²) in [6.07, 6.45) is -0.118. The fourth-order valence-electron chi connectivity index (χ4n) is 5.51. The van der Waals surface area contributed by atoms with E-state index in [0.29, 0.717) is 12.3 Å². The van der Waals surface area contributed by atoms with Gasteiger partial charge in [-0.3, -0.25) is 4.79 Å². The van der Waals surface area contributed by atoms with E-state index in [2.05, 4.69) is 10.3 Å². The maximum atomic E-state index is 13.8. The molecule has 0 saturated heterocycles. The van der Waals surface area contributed by atoms with E-state index in [-0.39, 0.29) is 24.4 Å². The van der Waals surface area contributed by atoms with E-state index in [4.69, 9.17) is 4.74 Å². The summed E-state index contributed by atoms with van der Waals surface area (Å²) in [6.45, 7) is 10.6. The summed E-state index contributed by atoms with van der Waals surface area (Å²) in [5.74, 6) is -1.03. The Morgan fingerprint density at radius 1 is 1.12 bits per heavy atom. The number of para-hydroxylation sites is 1. The number of aryl methyl sites for hydroxylation is 3. The van der Waals surface area contributed by atoms with Crippen LogP contribution in [-0.2, 0) is 27.9 Å². The van der Waals surface area contributed by atoms with E-state index in [1.165, 1.54) is 4.31 Å². The number of carboxylic acids is 1. The summed E-state index contributed by atoms with van der Waals surface area (Å²) in [6, 6.07) is 16.4. The third-order valence-electron chi connectivity index (χ3n) is 7.57. The quantitative estimate of drug-likeness (QED) is 0.336. The Balaban J connectivity index is 1.57. The lowest BCUT2D eigenvalue weighted by Crippen LogP contribution is -2.42. The number of fused-ring (bicyclic) bond motifs is 2. The van der Waals surface area contributed by atoms with E-state index in [9.17, 15) is 18.3 Å². The third kappa shape index (κ3) is 5.09. The summed E-state index contributed by atoms with van der Waals surface area (Å²) < 4.78 is 36.9. The SMILES string of the molecule is CCn1nnc2c(C)c(C(CC(=O)O)c3ccc(C)c(CN4CC(C)(C)Oc5ccccc5S4(=O)=O)c3)ccc21. The molecule has 0 aliphatic carbocycles. The van der Waals surface area contributed by atoms with Crippen molar-refractivity contribution < 1.29 is 23.1 Å². The second kappa shape index (κ2) is 10.3. The number of aromatic nitrogens is 3. The van der Waals surface area contributed by atoms with Crippen molar-refractivity contribution in [2.75, 3.05) is 6.54 Å². The molecule has 0 spiro atoms. The van der Waals surface area contributed by atoms with Crippen LogP contribution in [0.15, 0.2) is 59.5 Å². The molecule has 1 N–H and O–H groups in total. The molecule has 2 heterocycles. The van der Waals surface area contributed by atoms with Crippen LogP contribution in [0, 0.1) is 13.8 Å². The molecule has 0 radical (unpaired) electrons. The fourth-order valence-corrected chi connectivity index (χ4v) is 7.19. The van der Waals surface area contributed by atoms with Crippen molar-refractivity contribution in [3.05, 3.63) is 82.4 Å². The number of benzene rings is 3. The lowest BCUT2D eigenvalue weighted by atomic mass is 9.84. The Kier molecular flexibility index (Phi) is 7.18. The van der Waals surface area contributed by atoms with Gasteiger partial charge in [0.25, 0.3) is 0 Å². The lowest BCUT2D eigenvalue weighted by molar-refractivity contribution is -0.137. The summed E-state index contributed by atoms with van der Waals surface area (Å²) in [5.41, 5.74) is 5.17. The number of hydrogen-bond acceptors (Lipinski definition) is 6. The van der Waals surface area contributed by atoms with Crippen molar-refractivity contribution in [2.45, 2.75) is 70.5 Å². The molecule has 210 valence electrons. The summed E-state index contributed by atoms with van der Waals surface area (Å²) >= 11 is 0. The number of ether oxygens (including phenoxy) is 1. The fraction of sp³-hybridized carbons (Fsp3) is 0.367. The number of carboxylic acid groups (broad SMARTS) is 1. The molecule has 1 atom stereocenters. The van der Waals surface area contributed by atoms with Crippen LogP contribution in [0.1, 0.15) is 60.9 Å². The summed E-state index contributed by atoms with van der Waals surface area (Å²) in [5, 5.41) is 18.4. The molecule has 4 aromatic rings. The van der Waals surface area contributed by atoms with Crippen LogP contribution in [0.2, 0.25) is 0 Å². The molecular weight excluding hydrogens is 528 g/mol. The maximum absolute atomic E-state index is 13.8. The van der Waals surface area contributed by atoms with Gasteiger partial charge in [-0.2, -0.15) is 4.31 Å². The van der Waals surface area contributed by atoms with Gasteiger partial charge in [-0.25, -0.2) is 13.1 Å². The van der Waals surface area contributed by atoms with Gasteiger partial charge < -0.3 is 9.84 Å². The topological polar surface area (TPSA) is 115 Å². The number of hydrogen-bond donors (Lipinski definition) is 1. The molecule has 9 nitrogen and oxygen atoms in total. The van der Waals surface area contributed by atoms with Crippen LogP contribution in [-0.4, -0.2) is 50.9 Å². The highest BCUT2D eigenvalue weighted by atomic mass is 32.2. The predicted molar refractivity (Wildman–Crippen MR) is 152 cm³/mol. The average molecular weight is 563 g/mol. The first-order valence-electron chi connectivity index (χ1n) is 13.3. The van der Waals surface area contributed by atoms with Gasteiger partial charge in [-0.15, -0.1) is 5.10 Å². The zero-order chi connectivity index (χ0) is 28.8. The second-order valence-corrected chi connectivity index (χ2v) is 12.9. The standard InChI is InChI=1S/C30H34N4O5S/c1-6-34-25-14-13-23(20(3)29(25)31-32-34)24(16-28(35)36)21-12-11-19(2)22(15-21)17-33-18-30(4,5)39-26-9-7-8-10-27(26)40(33,37)38/h7-15,24H,6,16-18H2,1-5H3,(H,35,36). The van der Waals surface area contributed by atoms with Crippen LogP contribution >= 0.6 is 0 Å². The van der Waals surface area contributed by atoms with Crippen molar-refractivity contribution in [1.82, 2.24) is 19.3 Å². The highest BCUT2D eigenvalue weighted by Crippen LogP contribution is 2.37. The van der Waals surface area contributed by atoms with Crippen molar-refractivity contribution in [1.29, 1.82) is 0 Å². The lowest BCUT2D eigenvalue weighted by Gasteiger charge is -2.29. The van der Waals surface area contributed by atoms with Crippen molar-refractivity contribution in [3.8, 4) is 5.75 Å². The minimum atomic E-state index is -3.84. The van der Waals surface area contributed by atoms with E-state index >= 15 is 0 Å². The molecule has 1 unspecified atom stereocenters. The molecule has 1 aromatic heterocycles. The Labute approximate surface area is 234 Å². The first-order chi connectivity index (χ1) is 18.9. The molecule has 0 saturated carbocycles. The van der Waals surface area contributed by atoms with Crippen LogP contribution in [0.4, 0.5) is 0 Å². The molecule has 0 fully saturated rings. The van der Waals surface area contributed by atoms with Crippen molar-refractivity contribution in [3.63, 3.8) is 0 Å². The highest BCUT2D eigenvalue weighted by molar-refractivity contribution is 7.89. The van der Waals surface area contributed by atoms with Gasteiger partial charge in [0.05, 0.1) is 18.5 Å². The van der Waals surface area contributed by atoms with Gasteiger partial charge in [0, 0.05) is 19.0 Å². The van der Waals surface area contributed by atoms with Crippen molar-refractivity contribution >= 4 is 27.0 Å². The van der Waals surface area contributed by atoms with Gasteiger partial charge in [0.1, 0.15) is 21.8 Å². The molecular formula is C30H34N4O5S. The first kappa shape index (κ1) is 27.8. The monoisotopic (exact) mass is 562 g/mol. The van der Waals surface area contributed by atoms with Crippen LogP contribution in [0.3, 0.4) is 0 Å². The molecule has 3 aromatic carbocycles. The minimum absolute atomic E-state index is 0.118. The largest absolute Gasteiger partial charge is 0.485 e. The number of carbonyl (C=O) groups is 1. The minimum Gasteiger partial charge on any atom is -0.485 e. The Morgan fingerprint density at radius 2 is 1.88 bits per heavy atom. The van der Waals surface area contributed by atoms with Gasteiger partial charge in [-0.1, -0.05) is 41.6 Å². The zero-order valence-electron chi connectivity index (χ0n) is 23.4. The summed E-state index contributed by atoms with van der Waals surface area (Å²) in [7, 11) is -3.84. The van der Waals surface area contributed by atoms with Crippen LogP contribution in [0.5, 0.6) is 5.75 Å². The molecule has 1 aliphatic heterocycles. The van der Waals surface area contributed by atoms with Crippen molar-refractivity contribution in [2.24, 2.45) is 0 Å².